The number of carbonyl (C=O) groups is 1. The summed E-state index contributed by atoms with van der Waals surface area (Å²) in [6.45, 7) is 11.9. The van der Waals surface area contributed by atoms with Gasteiger partial charge in [0, 0.05) is 18.6 Å². The van der Waals surface area contributed by atoms with E-state index in [9.17, 15) is 4.79 Å². The van der Waals surface area contributed by atoms with Gasteiger partial charge >= 0.3 is 0 Å². The van der Waals surface area contributed by atoms with Crippen LogP contribution in [0.15, 0.2) is 34.9 Å². The van der Waals surface area contributed by atoms with E-state index in [0.29, 0.717) is 30.1 Å². The van der Waals surface area contributed by atoms with E-state index in [-0.39, 0.29) is 11.9 Å². The first-order valence-corrected chi connectivity index (χ1v) is 9.96. The van der Waals surface area contributed by atoms with Crippen molar-refractivity contribution in [2.45, 2.75) is 66.2 Å². The third-order valence-electron chi connectivity index (χ3n) is 5.17. The van der Waals surface area contributed by atoms with E-state index in [0.717, 1.165) is 24.3 Å². The lowest BCUT2D eigenvalue weighted by Gasteiger charge is -2.30. The average Bonchev–Trinajstić information content (AvgIpc) is 3.15. The first-order valence-electron chi connectivity index (χ1n) is 9.96. The molecule has 0 radical (unpaired) electrons. The van der Waals surface area contributed by atoms with E-state index in [1.165, 1.54) is 6.26 Å². The first-order chi connectivity index (χ1) is 13.3. The van der Waals surface area contributed by atoms with Crippen LogP contribution in [0, 0.1) is 5.92 Å². The summed E-state index contributed by atoms with van der Waals surface area (Å²) in [5.41, 5.74) is 1.49. The lowest BCUT2D eigenvalue weighted by atomic mass is 10.0. The van der Waals surface area contributed by atoms with Crippen LogP contribution in [0.3, 0.4) is 0 Å². The van der Waals surface area contributed by atoms with Crippen molar-refractivity contribution in [3.63, 3.8) is 0 Å². The Labute approximate surface area is 168 Å². The molecule has 1 amide bonds. The molecule has 2 unspecified atom stereocenters. The van der Waals surface area contributed by atoms with Crippen LogP contribution >= 0.6 is 0 Å². The summed E-state index contributed by atoms with van der Waals surface area (Å²) in [5.74, 6) is 1.66. The van der Waals surface area contributed by atoms with Gasteiger partial charge in [-0.2, -0.15) is 0 Å². The summed E-state index contributed by atoms with van der Waals surface area (Å²) in [4.78, 5) is 19.0. The smallest absolute Gasteiger partial charge is 0.273 e. The number of ether oxygens (including phenoxy) is 1. The Bertz CT molecular complexity index is 757. The van der Waals surface area contributed by atoms with Gasteiger partial charge in [-0.1, -0.05) is 32.9 Å². The first kappa shape index (κ1) is 22.0. The van der Waals surface area contributed by atoms with Crippen LogP contribution in [-0.4, -0.2) is 35.0 Å². The summed E-state index contributed by atoms with van der Waals surface area (Å²) in [7, 11) is 1.67. The predicted octanol–water partition coefficient (Wildman–Crippen LogP) is 4.26. The summed E-state index contributed by atoms with van der Waals surface area (Å²) in [5, 5.41) is 2.92. The minimum Gasteiger partial charge on any atom is -0.497 e. The molecule has 0 aliphatic rings. The molecule has 6 nitrogen and oxygen atoms in total. The molecule has 0 saturated heterocycles. The zero-order valence-corrected chi connectivity index (χ0v) is 17.9. The van der Waals surface area contributed by atoms with Crippen molar-refractivity contribution in [1.82, 2.24) is 15.2 Å². The number of benzene rings is 1. The third-order valence-corrected chi connectivity index (χ3v) is 5.17. The van der Waals surface area contributed by atoms with Gasteiger partial charge in [-0.15, -0.1) is 0 Å². The predicted molar refractivity (Wildman–Crippen MR) is 110 cm³/mol. The number of oxazole rings is 1. The van der Waals surface area contributed by atoms with Crippen molar-refractivity contribution in [1.29, 1.82) is 0 Å². The Kier molecular flexibility index (Phi) is 8.05. The Morgan fingerprint density at radius 2 is 2.00 bits per heavy atom. The summed E-state index contributed by atoms with van der Waals surface area (Å²) in [6, 6.07) is 8.49. The van der Waals surface area contributed by atoms with E-state index < -0.39 is 0 Å². The van der Waals surface area contributed by atoms with Crippen molar-refractivity contribution < 1.29 is 13.9 Å². The van der Waals surface area contributed by atoms with Gasteiger partial charge in [-0.25, -0.2) is 4.98 Å². The molecule has 1 aromatic carbocycles. The molecule has 28 heavy (non-hydrogen) atoms. The van der Waals surface area contributed by atoms with Crippen molar-refractivity contribution in [3.05, 3.63) is 47.7 Å². The Hall–Kier alpha value is -2.34. The Balaban J connectivity index is 2.13. The lowest BCUT2D eigenvalue weighted by Crippen LogP contribution is -2.36. The van der Waals surface area contributed by atoms with Crippen LogP contribution in [-0.2, 0) is 13.1 Å². The molecule has 6 heteroatoms. The highest BCUT2D eigenvalue weighted by molar-refractivity contribution is 5.92. The molecule has 0 bridgehead atoms. The number of aromatic nitrogens is 1. The fourth-order valence-corrected chi connectivity index (χ4v) is 2.83. The van der Waals surface area contributed by atoms with Crippen molar-refractivity contribution in [3.8, 4) is 5.75 Å². The topological polar surface area (TPSA) is 67.6 Å². The fourth-order valence-electron chi connectivity index (χ4n) is 2.83. The second kappa shape index (κ2) is 10.3. The number of nitrogens with zero attached hydrogens (tertiary/aromatic N) is 2. The van der Waals surface area contributed by atoms with Gasteiger partial charge in [0.1, 0.15) is 12.0 Å². The van der Waals surface area contributed by atoms with Crippen LogP contribution in [0.4, 0.5) is 0 Å². The molecule has 1 heterocycles. The zero-order valence-electron chi connectivity index (χ0n) is 17.9. The van der Waals surface area contributed by atoms with E-state index in [1.807, 2.05) is 32.0 Å². The normalized spacial score (nSPS) is 13.6. The van der Waals surface area contributed by atoms with Gasteiger partial charge in [-0.05, 0) is 43.9 Å². The van der Waals surface area contributed by atoms with Gasteiger partial charge in [0.25, 0.3) is 5.91 Å². The largest absolute Gasteiger partial charge is 0.497 e. The standard InChI is InChI=1S/C22H33N3O3/c1-7-16(4)23-22(26)20-14-28-21(24-20)13-25(17(5)15(2)3)12-18-9-8-10-19(11-18)27-6/h8-11,14-17H,7,12-13H2,1-6H3,(H,23,26). The number of hydrogen-bond acceptors (Lipinski definition) is 5. The minimum absolute atomic E-state index is 0.109. The Morgan fingerprint density at radius 3 is 2.64 bits per heavy atom. The number of rotatable bonds is 10. The lowest BCUT2D eigenvalue weighted by molar-refractivity contribution is 0.0934. The van der Waals surface area contributed by atoms with Crippen molar-refractivity contribution in [2.75, 3.05) is 7.11 Å². The number of amides is 1. The second-order valence-corrected chi connectivity index (χ2v) is 7.65. The number of nitrogens with one attached hydrogen (secondary N) is 1. The molecule has 0 spiro atoms. The SMILES string of the molecule is CCC(C)NC(=O)c1coc(CN(Cc2cccc(OC)c2)C(C)C(C)C)n1. The van der Waals surface area contributed by atoms with Crippen LogP contribution in [0.5, 0.6) is 5.75 Å². The van der Waals surface area contributed by atoms with Gasteiger partial charge in [0.2, 0.25) is 5.89 Å². The summed E-state index contributed by atoms with van der Waals surface area (Å²) >= 11 is 0. The zero-order chi connectivity index (χ0) is 20.7. The molecule has 1 aromatic heterocycles. The van der Waals surface area contributed by atoms with Crippen LogP contribution < -0.4 is 10.1 Å². The molecular weight excluding hydrogens is 354 g/mol. The van der Waals surface area contributed by atoms with E-state index in [2.05, 4.69) is 42.0 Å². The van der Waals surface area contributed by atoms with Crippen molar-refractivity contribution >= 4 is 5.91 Å². The Morgan fingerprint density at radius 1 is 1.25 bits per heavy atom. The van der Waals surface area contributed by atoms with Gasteiger partial charge < -0.3 is 14.5 Å². The number of carbonyl (C=O) groups excluding carboxylic acids is 1. The monoisotopic (exact) mass is 387 g/mol. The molecule has 2 atom stereocenters. The highest BCUT2D eigenvalue weighted by atomic mass is 16.5. The maximum absolute atomic E-state index is 12.3. The van der Waals surface area contributed by atoms with Gasteiger partial charge in [0.15, 0.2) is 5.69 Å². The molecule has 0 fully saturated rings. The molecule has 0 saturated carbocycles. The van der Waals surface area contributed by atoms with Crippen LogP contribution in [0.2, 0.25) is 0 Å². The average molecular weight is 388 g/mol. The fraction of sp³-hybridized carbons (Fsp3) is 0.545. The maximum atomic E-state index is 12.3. The van der Waals surface area contributed by atoms with E-state index >= 15 is 0 Å². The maximum Gasteiger partial charge on any atom is 0.273 e. The molecule has 2 aromatic rings. The number of hydrogen-bond donors (Lipinski definition) is 1. The molecular formula is C22H33N3O3. The van der Waals surface area contributed by atoms with Crippen molar-refractivity contribution in [2.24, 2.45) is 5.92 Å². The highest BCUT2D eigenvalue weighted by Crippen LogP contribution is 2.20. The molecule has 2 rings (SSSR count). The van der Waals surface area contributed by atoms with Gasteiger partial charge in [-0.3, -0.25) is 9.69 Å². The van der Waals surface area contributed by atoms with Crippen LogP contribution in [0.25, 0.3) is 0 Å². The minimum atomic E-state index is -0.194. The molecule has 1 N–H and O–H groups in total. The molecule has 0 aliphatic carbocycles. The van der Waals surface area contributed by atoms with Crippen LogP contribution in [0.1, 0.15) is 63.0 Å². The molecule has 0 aliphatic heterocycles. The number of methoxy groups -OCH3 is 1. The quantitative estimate of drug-likeness (QED) is 0.660. The third kappa shape index (κ3) is 6.09. The van der Waals surface area contributed by atoms with E-state index in [4.69, 9.17) is 9.15 Å². The second-order valence-electron chi connectivity index (χ2n) is 7.65. The molecule has 154 valence electrons. The highest BCUT2D eigenvalue weighted by Gasteiger charge is 2.21. The van der Waals surface area contributed by atoms with E-state index in [1.54, 1.807) is 7.11 Å². The van der Waals surface area contributed by atoms with Gasteiger partial charge in [0.05, 0.1) is 13.7 Å². The summed E-state index contributed by atoms with van der Waals surface area (Å²) < 4.78 is 10.9. The summed E-state index contributed by atoms with van der Waals surface area (Å²) in [6.07, 6.45) is 2.31.